The molecule has 0 saturated carbocycles. The highest BCUT2D eigenvalue weighted by Gasteiger charge is 2.14. The second-order valence-electron chi connectivity index (χ2n) is 8.28. The summed E-state index contributed by atoms with van der Waals surface area (Å²) in [6.07, 6.45) is 7.34. The lowest BCUT2D eigenvalue weighted by Gasteiger charge is -2.09. The van der Waals surface area contributed by atoms with Gasteiger partial charge in [0.1, 0.15) is 0 Å². The number of nitrogens with one attached hydrogen (secondary N) is 2. The van der Waals surface area contributed by atoms with Crippen molar-refractivity contribution in [1.29, 1.82) is 0 Å². The van der Waals surface area contributed by atoms with E-state index in [1.165, 1.54) is 29.4 Å². The minimum Gasteiger partial charge on any atom is -0.361 e. The van der Waals surface area contributed by atoms with Gasteiger partial charge in [-0.25, -0.2) is 13.1 Å². The summed E-state index contributed by atoms with van der Waals surface area (Å²) in [7, 11) is -3.55. The molecule has 0 radical (unpaired) electrons. The van der Waals surface area contributed by atoms with Crippen molar-refractivity contribution < 1.29 is 8.42 Å². The molecule has 0 aliphatic heterocycles. The van der Waals surface area contributed by atoms with Crippen LogP contribution in [0.4, 0.5) is 0 Å². The Morgan fingerprint density at radius 1 is 0.844 bits per heavy atom. The summed E-state index contributed by atoms with van der Waals surface area (Å²) in [6.45, 7) is 2.45. The summed E-state index contributed by atoms with van der Waals surface area (Å²) < 4.78 is 28.2. The van der Waals surface area contributed by atoms with Crippen molar-refractivity contribution in [1.82, 2.24) is 9.71 Å². The Balaban J connectivity index is 1.40. The van der Waals surface area contributed by atoms with E-state index < -0.39 is 10.0 Å². The molecule has 2 N–H and O–H groups in total. The van der Waals surface area contributed by atoms with Crippen LogP contribution in [0.2, 0.25) is 0 Å². The molecule has 0 fully saturated rings. The van der Waals surface area contributed by atoms with Crippen LogP contribution in [0.15, 0.2) is 83.9 Å². The minimum atomic E-state index is -3.55. The number of benzene rings is 3. The summed E-state index contributed by atoms with van der Waals surface area (Å²) in [5, 5.41) is 1.22. The van der Waals surface area contributed by atoms with Crippen molar-refractivity contribution in [2.45, 2.75) is 50.5 Å². The van der Waals surface area contributed by atoms with E-state index in [0.29, 0.717) is 4.90 Å². The molecule has 0 atom stereocenters. The van der Waals surface area contributed by atoms with Crippen molar-refractivity contribution in [3.8, 4) is 0 Å². The number of sulfonamides is 1. The second-order valence-corrected chi connectivity index (χ2v) is 10.0. The van der Waals surface area contributed by atoms with E-state index in [2.05, 4.69) is 40.9 Å². The lowest BCUT2D eigenvalue weighted by Crippen LogP contribution is -2.23. The first-order valence-electron chi connectivity index (χ1n) is 11.3. The molecule has 4 nitrogen and oxygen atoms in total. The molecule has 0 bridgehead atoms. The first-order valence-corrected chi connectivity index (χ1v) is 12.7. The molecule has 1 heterocycles. The standard InChI is InChI=1S/C27H30N2O2S/c1-2-3-4-8-21-13-15-25(16-14-21)32(30,31)29-19-23-10-7-9-22(17-23)18-24-20-28-27-12-6-5-11-26(24)27/h5-7,9-17,20,28-29H,2-4,8,18-19H2,1H3. The summed E-state index contributed by atoms with van der Waals surface area (Å²) in [4.78, 5) is 3.62. The zero-order valence-electron chi connectivity index (χ0n) is 18.5. The van der Waals surface area contributed by atoms with Gasteiger partial charge in [0, 0.05) is 23.6 Å². The summed E-state index contributed by atoms with van der Waals surface area (Å²) in [6, 6.07) is 23.6. The molecule has 5 heteroatoms. The van der Waals surface area contributed by atoms with Crippen molar-refractivity contribution in [2.75, 3.05) is 0 Å². The maximum Gasteiger partial charge on any atom is 0.240 e. The number of hydrogen-bond donors (Lipinski definition) is 2. The fraction of sp³-hybridized carbons (Fsp3) is 0.259. The van der Waals surface area contributed by atoms with Crippen molar-refractivity contribution in [2.24, 2.45) is 0 Å². The summed E-state index contributed by atoms with van der Waals surface area (Å²) in [5.74, 6) is 0. The van der Waals surface area contributed by atoms with Crippen molar-refractivity contribution >= 4 is 20.9 Å². The third kappa shape index (κ3) is 5.47. The topological polar surface area (TPSA) is 62.0 Å². The Kier molecular flexibility index (Phi) is 7.08. The van der Waals surface area contributed by atoms with Crippen LogP contribution in [0.3, 0.4) is 0 Å². The number of aromatic amines is 1. The number of hydrogen-bond acceptors (Lipinski definition) is 2. The molecule has 3 aromatic carbocycles. The maximum absolute atomic E-state index is 12.7. The fourth-order valence-corrected chi connectivity index (χ4v) is 5.04. The quantitative estimate of drug-likeness (QED) is 0.295. The molecule has 0 amide bonds. The van der Waals surface area contributed by atoms with E-state index in [1.807, 2.05) is 42.6 Å². The minimum absolute atomic E-state index is 0.266. The van der Waals surface area contributed by atoms with Crippen LogP contribution in [0, 0.1) is 0 Å². The smallest absolute Gasteiger partial charge is 0.240 e. The zero-order valence-corrected chi connectivity index (χ0v) is 19.3. The lowest BCUT2D eigenvalue weighted by molar-refractivity contribution is 0.581. The van der Waals surface area contributed by atoms with Gasteiger partial charge < -0.3 is 4.98 Å². The molecule has 32 heavy (non-hydrogen) atoms. The molecule has 0 spiro atoms. The second kappa shape index (κ2) is 10.2. The van der Waals surface area contributed by atoms with Gasteiger partial charge in [-0.15, -0.1) is 0 Å². The number of aryl methyl sites for hydroxylation is 1. The van der Waals surface area contributed by atoms with E-state index in [1.54, 1.807) is 12.1 Å². The largest absolute Gasteiger partial charge is 0.361 e. The molecule has 0 aliphatic carbocycles. The number of H-pyrrole nitrogens is 1. The van der Waals surface area contributed by atoms with E-state index in [-0.39, 0.29) is 6.54 Å². The average Bonchev–Trinajstić information content (AvgIpc) is 3.21. The van der Waals surface area contributed by atoms with Gasteiger partial charge >= 0.3 is 0 Å². The number of rotatable bonds is 10. The van der Waals surface area contributed by atoms with E-state index in [4.69, 9.17) is 0 Å². The molecule has 0 saturated heterocycles. The average molecular weight is 447 g/mol. The van der Waals surface area contributed by atoms with E-state index >= 15 is 0 Å². The van der Waals surface area contributed by atoms with Crippen LogP contribution in [0.5, 0.6) is 0 Å². The van der Waals surface area contributed by atoms with Crippen molar-refractivity contribution in [3.05, 3.63) is 101 Å². The Bertz CT molecular complexity index is 1270. The van der Waals surface area contributed by atoms with Gasteiger partial charge in [0.15, 0.2) is 0 Å². The molecule has 0 unspecified atom stereocenters. The fourth-order valence-electron chi connectivity index (χ4n) is 4.02. The molecule has 4 aromatic rings. The van der Waals surface area contributed by atoms with Gasteiger partial charge in [0.25, 0.3) is 0 Å². The van der Waals surface area contributed by atoms with Crippen LogP contribution in [-0.4, -0.2) is 13.4 Å². The Morgan fingerprint density at radius 3 is 2.44 bits per heavy atom. The predicted octanol–water partition coefficient (Wildman–Crippen LogP) is 5.97. The Morgan fingerprint density at radius 2 is 1.62 bits per heavy atom. The first-order chi connectivity index (χ1) is 15.5. The molecule has 0 aliphatic rings. The number of unbranched alkanes of at least 4 members (excludes halogenated alkanes) is 2. The van der Waals surface area contributed by atoms with Crippen LogP contribution < -0.4 is 4.72 Å². The van der Waals surface area contributed by atoms with Gasteiger partial charge in [-0.1, -0.05) is 74.4 Å². The van der Waals surface area contributed by atoms with Gasteiger partial charge in [0.2, 0.25) is 10.0 Å². The van der Waals surface area contributed by atoms with Crippen LogP contribution in [0.1, 0.15) is 48.4 Å². The zero-order chi connectivity index (χ0) is 22.4. The predicted molar refractivity (Wildman–Crippen MR) is 131 cm³/mol. The summed E-state index contributed by atoms with van der Waals surface area (Å²) in [5.41, 5.74) is 5.65. The molecule has 166 valence electrons. The van der Waals surface area contributed by atoms with Gasteiger partial charge in [-0.05, 0) is 59.7 Å². The normalized spacial score (nSPS) is 11.8. The van der Waals surface area contributed by atoms with E-state index in [0.717, 1.165) is 35.9 Å². The highest BCUT2D eigenvalue weighted by Crippen LogP contribution is 2.21. The van der Waals surface area contributed by atoms with Gasteiger partial charge in [-0.2, -0.15) is 0 Å². The monoisotopic (exact) mass is 446 g/mol. The van der Waals surface area contributed by atoms with Crippen molar-refractivity contribution in [3.63, 3.8) is 0 Å². The Labute approximate surface area is 190 Å². The van der Waals surface area contributed by atoms with Crippen LogP contribution in [-0.2, 0) is 29.4 Å². The molecule has 1 aromatic heterocycles. The van der Waals surface area contributed by atoms with Gasteiger partial charge in [0.05, 0.1) is 4.90 Å². The third-order valence-electron chi connectivity index (χ3n) is 5.83. The molecular formula is C27H30N2O2S. The number of para-hydroxylation sites is 1. The highest BCUT2D eigenvalue weighted by atomic mass is 32.2. The van der Waals surface area contributed by atoms with Crippen LogP contribution in [0.25, 0.3) is 10.9 Å². The SMILES string of the molecule is CCCCCc1ccc(S(=O)(=O)NCc2cccc(Cc3c[nH]c4ccccc34)c2)cc1. The number of fused-ring (bicyclic) bond motifs is 1. The summed E-state index contributed by atoms with van der Waals surface area (Å²) >= 11 is 0. The van der Waals surface area contributed by atoms with Crippen LogP contribution >= 0.6 is 0 Å². The van der Waals surface area contributed by atoms with E-state index in [9.17, 15) is 8.42 Å². The Hall–Kier alpha value is -2.89. The number of aromatic nitrogens is 1. The molecular weight excluding hydrogens is 416 g/mol. The lowest BCUT2D eigenvalue weighted by atomic mass is 10.0. The van der Waals surface area contributed by atoms with Gasteiger partial charge in [-0.3, -0.25) is 0 Å². The molecule has 4 rings (SSSR count). The highest BCUT2D eigenvalue weighted by molar-refractivity contribution is 7.89. The third-order valence-corrected chi connectivity index (χ3v) is 7.25. The first kappa shape index (κ1) is 22.3. The maximum atomic E-state index is 12.7.